The molecule has 2 rings (SSSR count). The van der Waals surface area contributed by atoms with Crippen LogP contribution in [0.1, 0.15) is 25.3 Å². The quantitative estimate of drug-likeness (QED) is 0.733. The van der Waals surface area contributed by atoms with E-state index in [1.807, 2.05) is 24.3 Å². The van der Waals surface area contributed by atoms with Crippen LogP contribution in [-0.4, -0.2) is 23.9 Å². The van der Waals surface area contributed by atoms with E-state index in [0.29, 0.717) is 12.8 Å². The molecule has 1 aromatic rings. The molecule has 4 N–H and O–H groups in total. The van der Waals surface area contributed by atoms with Gasteiger partial charge in [-0.15, -0.1) is 0 Å². The van der Waals surface area contributed by atoms with Crippen LogP contribution in [0.4, 0.5) is 5.69 Å². The van der Waals surface area contributed by atoms with E-state index in [1.54, 1.807) is 0 Å². The van der Waals surface area contributed by atoms with Crippen LogP contribution in [0.15, 0.2) is 24.3 Å². The van der Waals surface area contributed by atoms with Crippen molar-refractivity contribution >= 4 is 17.5 Å². The molecule has 0 atom stereocenters. The van der Waals surface area contributed by atoms with Crippen LogP contribution >= 0.6 is 0 Å². The molecule has 0 aromatic heterocycles. The minimum absolute atomic E-state index is 0.0475. The van der Waals surface area contributed by atoms with E-state index in [4.69, 9.17) is 5.73 Å². The fraction of sp³-hybridized carbons (Fsp3) is 0.429. The summed E-state index contributed by atoms with van der Waals surface area (Å²) in [5.41, 5.74) is 6.89. The third-order valence-electron chi connectivity index (χ3n) is 3.27. The van der Waals surface area contributed by atoms with E-state index in [-0.39, 0.29) is 18.4 Å². The summed E-state index contributed by atoms with van der Waals surface area (Å²) in [5.74, 6) is -0.490. The monoisotopic (exact) mass is 261 g/mol. The molecule has 19 heavy (non-hydrogen) atoms. The first kappa shape index (κ1) is 13.5. The van der Waals surface area contributed by atoms with Crippen molar-refractivity contribution in [3.63, 3.8) is 0 Å². The summed E-state index contributed by atoms with van der Waals surface area (Å²) in [6.45, 7) is 2.01. The Bertz CT molecular complexity index is 495. The molecule has 0 radical (unpaired) electrons. The lowest BCUT2D eigenvalue weighted by Crippen LogP contribution is -2.45. The molecule has 1 saturated carbocycles. The molecule has 0 aliphatic heterocycles. The zero-order valence-corrected chi connectivity index (χ0v) is 11.0. The third kappa shape index (κ3) is 3.54. The molecule has 0 saturated heterocycles. The number of anilines is 1. The van der Waals surface area contributed by atoms with Gasteiger partial charge in [-0.05, 0) is 37.0 Å². The summed E-state index contributed by atoms with van der Waals surface area (Å²) in [6, 6.07) is 7.64. The van der Waals surface area contributed by atoms with E-state index >= 15 is 0 Å². The molecule has 5 nitrogen and oxygen atoms in total. The van der Waals surface area contributed by atoms with Crippen LogP contribution in [0.3, 0.4) is 0 Å². The second-order valence-corrected chi connectivity index (χ2v) is 4.94. The number of carbonyl (C=O) groups excluding carboxylic acids is 2. The number of benzene rings is 1. The standard InChI is InChI=1S/C14H19N3O2/c1-2-10-4-3-5-11(8-10)17-12(18)9-16-13(19)14(15)6-7-14/h3-5,8H,2,6-7,9,15H2,1H3,(H,16,19)(H,17,18). The normalized spacial score (nSPS) is 15.7. The van der Waals surface area contributed by atoms with Crippen molar-refractivity contribution in [1.29, 1.82) is 0 Å². The van der Waals surface area contributed by atoms with E-state index in [0.717, 1.165) is 17.7 Å². The molecule has 102 valence electrons. The van der Waals surface area contributed by atoms with Gasteiger partial charge in [-0.25, -0.2) is 0 Å². The minimum atomic E-state index is -0.734. The van der Waals surface area contributed by atoms with Gasteiger partial charge in [-0.3, -0.25) is 9.59 Å². The largest absolute Gasteiger partial charge is 0.345 e. The summed E-state index contributed by atoms with van der Waals surface area (Å²) >= 11 is 0. The molecule has 1 fully saturated rings. The van der Waals surface area contributed by atoms with Crippen molar-refractivity contribution in [3.8, 4) is 0 Å². The molecule has 2 amide bonds. The van der Waals surface area contributed by atoms with E-state index in [2.05, 4.69) is 17.6 Å². The molecule has 0 spiro atoms. The second-order valence-electron chi connectivity index (χ2n) is 4.94. The lowest BCUT2D eigenvalue weighted by molar-refractivity contribution is -0.125. The van der Waals surface area contributed by atoms with E-state index < -0.39 is 5.54 Å². The van der Waals surface area contributed by atoms with Crippen LogP contribution in [0.2, 0.25) is 0 Å². The van der Waals surface area contributed by atoms with Gasteiger partial charge in [0.25, 0.3) is 0 Å². The highest BCUT2D eigenvalue weighted by Gasteiger charge is 2.45. The molecular weight excluding hydrogens is 242 g/mol. The predicted molar refractivity (Wildman–Crippen MR) is 73.6 cm³/mol. The zero-order chi connectivity index (χ0) is 13.9. The van der Waals surface area contributed by atoms with Gasteiger partial charge >= 0.3 is 0 Å². The van der Waals surface area contributed by atoms with Gasteiger partial charge in [-0.2, -0.15) is 0 Å². The van der Waals surface area contributed by atoms with Crippen LogP contribution in [0.5, 0.6) is 0 Å². The van der Waals surface area contributed by atoms with Crippen molar-refractivity contribution in [3.05, 3.63) is 29.8 Å². The van der Waals surface area contributed by atoms with Crippen molar-refractivity contribution in [2.24, 2.45) is 5.73 Å². The fourth-order valence-electron chi connectivity index (χ4n) is 1.77. The van der Waals surface area contributed by atoms with E-state index in [9.17, 15) is 9.59 Å². The summed E-state index contributed by atoms with van der Waals surface area (Å²) in [4.78, 5) is 23.3. The second kappa shape index (κ2) is 5.40. The lowest BCUT2D eigenvalue weighted by atomic mass is 10.1. The number of nitrogens with two attached hydrogens (primary N) is 1. The van der Waals surface area contributed by atoms with Crippen molar-refractivity contribution in [2.75, 3.05) is 11.9 Å². The predicted octanol–water partition coefficient (Wildman–Crippen LogP) is 0.795. The Hall–Kier alpha value is -1.88. The van der Waals surface area contributed by atoms with Crippen LogP contribution in [0, 0.1) is 0 Å². The third-order valence-corrected chi connectivity index (χ3v) is 3.27. The molecule has 1 aromatic carbocycles. The van der Waals surface area contributed by atoms with Gasteiger partial charge in [0.2, 0.25) is 11.8 Å². The van der Waals surface area contributed by atoms with Crippen molar-refractivity contribution < 1.29 is 9.59 Å². The van der Waals surface area contributed by atoms with Gasteiger partial charge in [0.1, 0.15) is 0 Å². The Labute approximate surface area is 112 Å². The number of hydrogen-bond donors (Lipinski definition) is 3. The number of nitrogens with one attached hydrogen (secondary N) is 2. The summed E-state index contributed by atoms with van der Waals surface area (Å²) in [5, 5.41) is 5.31. The van der Waals surface area contributed by atoms with Gasteiger partial charge in [0, 0.05) is 5.69 Å². The first-order valence-corrected chi connectivity index (χ1v) is 6.49. The molecule has 0 heterocycles. The molecular formula is C14H19N3O2. The Kier molecular flexibility index (Phi) is 3.85. The Morgan fingerprint density at radius 1 is 1.37 bits per heavy atom. The number of hydrogen-bond acceptors (Lipinski definition) is 3. The average molecular weight is 261 g/mol. The molecule has 0 unspecified atom stereocenters. The Morgan fingerprint density at radius 2 is 2.11 bits per heavy atom. The molecule has 5 heteroatoms. The van der Waals surface area contributed by atoms with Crippen LogP contribution in [0.25, 0.3) is 0 Å². The zero-order valence-electron chi connectivity index (χ0n) is 11.0. The SMILES string of the molecule is CCc1cccc(NC(=O)CNC(=O)C2(N)CC2)c1. The first-order chi connectivity index (χ1) is 9.03. The maximum atomic E-state index is 11.7. The number of aryl methyl sites for hydroxylation is 1. The highest BCUT2D eigenvalue weighted by Crippen LogP contribution is 2.31. The summed E-state index contributed by atoms with van der Waals surface area (Å²) < 4.78 is 0. The minimum Gasteiger partial charge on any atom is -0.345 e. The van der Waals surface area contributed by atoms with E-state index in [1.165, 1.54) is 0 Å². The first-order valence-electron chi connectivity index (χ1n) is 6.49. The van der Waals surface area contributed by atoms with Gasteiger partial charge in [0.15, 0.2) is 0 Å². The highest BCUT2D eigenvalue weighted by molar-refractivity contribution is 5.97. The summed E-state index contributed by atoms with van der Waals surface area (Å²) in [6.07, 6.45) is 2.30. The Morgan fingerprint density at radius 3 is 2.74 bits per heavy atom. The van der Waals surface area contributed by atoms with Gasteiger partial charge in [-0.1, -0.05) is 19.1 Å². The Balaban J connectivity index is 1.82. The highest BCUT2D eigenvalue weighted by atomic mass is 16.2. The van der Waals surface area contributed by atoms with Gasteiger partial charge in [0.05, 0.1) is 12.1 Å². The molecule has 1 aliphatic rings. The summed E-state index contributed by atoms with van der Waals surface area (Å²) in [7, 11) is 0. The maximum Gasteiger partial charge on any atom is 0.243 e. The molecule has 1 aliphatic carbocycles. The lowest BCUT2D eigenvalue weighted by Gasteiger charge is -2.10. The van der Waals surface area contributed by atoms with Gasteiger partial charge < -0.3 is 16.4 Å². The molecule has 0 bridgehead atoms. The number of carbonyl (C=O) groups is 2. The maximum absolute atomic E-state index is 11.7. The average Bonchev–Trinajstić information content (AvgIpc) is 3.15. The number of rotatable bonds is 5. The number of amides is 2. The smallest absolute Gasteiger partial charge is 0.243 e. The topological polar surface area (TPSA) is 84.2 Å². The fourth-order valence-corrected chi connectivity index (χ4v) is 1.77. The van der Waals surface area contributed by atoms with Crippen molar-refractivity contribution in [2.45, 2.75) is 31.7 Å². The van der Waals surface area contributed by atoms with Crippen LogP contribution < -0.4 is 16.4 Å². The van der Waals surface area contributed by atoms with Crippen LogP contribution in [-0.2, 0) is 16.0 Å². The van der Waals surface area contributed by atoms with Crippen molar-refractivity contribution in [1.82, 2.24) is 5.32 Å².